The van der Waals surface area contributed by atoms with Crippen LogP contribution in [0, 0.1) is 5.92 Å². The van der Waals surface area contributed by atoms with E-state index >= 15 is 0 Å². The summed E-state index contributed by atoms with van der Waals surface area (Å²) in [6, 6.07) is 7.00. The van der Waals surface area contributed by atoms with Gasteiger partial charge in [0.1, 0.15) is 5.82 Å². The van der Waals surface area contributed by atoms with Gasteiger partial charge in [0.05, 0.1) is 36.2 Å². The fraction of sp³-hybridized carbons (Fsp3) is 0.375. The van der Waals surface area contributed by atoms with E-state index in [0.717, 1.165) is 39.0 Å². The monoisotopic (exact) mass is 492 g/mol. The van der Waals surface area contributed by atoms with E-state index in [4.69, 9.17) is 15.0 Å². The maximum Gasteiger partial charge on any atom is 0.252 e. The fourth-order valence-electron chi connectivity index (χ4n) is 4.06. The van der Waals surface area contributed by atoms with Crippen LogP contribution in [0.1, 0.15) is 29.1 Å². The van der Waals surface area contributed by atoms with Crippen LogP contribution in [0.2, 0.25) is 0 Å². The smallest absolute Gasteiger partial charge is 0.252 e. The first-order valence-electron chi connectivity index (χ1n) is 11.8. The summed E-state index contributed by atoms with van der Waals surface area (Å²) >= 11 is 0. The lowest BCUT2D eigenvalue weighted by atomic mass is 10.1. The van der Waals surface area contributed by atoms with Gasteiger partial charge in [0.2, 0.25) is 17.6 Å². The highest BCUT2D eigenvalue weighted by molar-refractivity contribution is 6.01. The second-order valence-electron chi connectivity index (χ2n) is 8.79. The molecule has 36 heavy (non-hydrogen) atoms. The quantitative estimate of drug-likeness (QED) is 0.346. The van der Waals surface area contributed by atoms with Crippen LogP contribution in [0.5, 0.6) is 5.75 Å². The predicted octanol–water partition coefficient (Wildman–Crippen LogP) is 1.74. The Balaban J connectivity index is 1.41. The summed E-state index contributed by atoms with van der Waals surface area (Å²) in [6.07, 6.45) is 3.08. The molecule has 12 heteroatoms. The SMILES string of the molecule is COc1c(Nc2cc(NC(=O)C3CC3)ncc2C(N)=O)cccc1-c1noc(CN2CCNCC2)n1. The van der Waals surface area contributed by atoms with Crippen molar-refractivity contribution >= 4 is 29.0 Å². The highest BCUT2D eigenvalue weighted by atomic mass is 16.5. The number of amides is 2. The van der Waals surface area contributed by atoms with Gasteiger partial charge in [-0.15, -0.1) is 0 Å². The van der Waals surface area contributed by atoms with Crippen molar-refractivity contribution in [3.63, 3.8) is 0 Å². The zero-order valence-electron chi connectivity index (χ0n) is 19.9. The number of nitrogens with zero attached hydrogens (tertiary/aromatic N) is 4. The topological polar surface area (TPSA) is 161 Å². The molecule has 2 amide bonds. The standard InChI is InChI=1S/C24H28N8O4/c1-35-21-15(23-30-20(36-31-23)13-32-9-7-26-8-10-32)3-2-4-17(21)28-18-11-19(27-12-16(18)22(25)33)29-24(34)14-5-6-14/h2-4,11-12,14,26H,5-10,13H2,1H3,(H2,25,33)(H2,27,28,29,34). The number of hydrogen-bond donors (Lipinski definition) is 4. The number of nitrogens with two attached hydrogens (primary N) is 1. The van der Waals surface area contributed by atoms with Crippen LogP contribution >= 0.6 is 0 Å². The lowest BCUT2D eigenvalue weighted by molar-refractivity contribution is -0.117. The van der Waals surface area contributed by atoms with Crippen LogP contribution in [0.3, 0.4) is 0 Å². The minimum absolute atomic E-state index is 0.0160. The lowest BCUT2D eigenvalue weighted by Gasteiger charge is -2.25. The van der Waals surface area contributed by atoms with Gasteiger partial charge < -0.3 is 30.9 Å². The van der Waals surface area contributed by atoms with Gasteiger partial charge in [0, 0.05) is 44.4 Å². The summed E-state index contributed by atoms with van der Waals surface area (Å²) in [7, 11) is 1.54. The Kier molecular flexibility index (Phi) is 6.78. The molecule has 0 radical (unpaired) electrons. The maximum atomic E-state index is 12.2. The van der Waals surface area contributed by atoms with Gasteiger partial charge in [-0.05, 0) is 25.0 Å². The van der Waals surface area contributed by atoms with Gasteiger partial charge in [-0.3, -0.25) is 14.5 Å². The number of pyridine rings is 1. The molecule has 2 aliphatic rings. The number of aromatic nitrogens is 3. The van der Waals surface area contributed by atoms with E-state index in [-0.39, 0.29) is 17.4 Å². The van der Waals surface area contributed by atoms with Crippen molar-refractivity contribution in [2.45, 2.75) is 19.4 Å². The Morgan fingerprint density at radius 3 is 2.78 bits per heavy atom. The number of hydrogen-bond acceptors (Lipinski definition) is 10. The Bertz CT molecular complexity index is 1270. The summed E-state index contributed by atoms with van der Waals surface area (Å²) in [5.41, 5.74) is 7.30. The first-order chi connectivity index (χ1) is 17.5. The number of anilines is 3. The Hall–Kier alpha value is -4.03. The molecule has 1 saturated carbocycles. The number of benzene rings is 1. The largest absolute Gasteiger partial charge is 0.494 e. The number of carbonyl (C=O) groups excluding carboxylic acids is 2. The molecule has 3 aromatic rings. The summed E-state index contributed by atoms with van der Waals surface area (Å²) in [5.74, 6) is 0.969. The molecule has 1 aliphatic carbocycles. The van der Waals surface area contributed by atoms with Crippen molar-refractivity contribution in [1.82, 2.24) is 25.3 Å². The van der Waals surface area contributed by atoms with E-state index in [9.17, 15) is 9.59 Å². The molecule has 5 N–H and O–H groups in total. The zero-order chi connectivity index (χ0) is 25.1. The number of nitrogens with one attached hydrogen (secondary N) is 3. The molecule has 1 aliphatic heterocycles. The molecule has 0 atom stereocenters. The first-order valence-corrected chi connectivity index (χ1v) is 11.8. The maximum absolute atomic E-state index is 12.2. The summed E-state index contributed by atoms with van der Waals surface area (Å²) in [4.78, 5) is 35.2. The molecule has 1 saturated heterocycles. The van der Waals surface area contributed by atoms with E-state index < -0.39 is 5.91 Å². The third kappa shape index (κ3) is 5.29. The van der Waals surface area contributed by atoms with E-state index in [1.54, 1.807) is 12.1 Å². The van der Waals surface area contributed by atoms with E-state index in [1.807, 2.05) is 12.1 Å². The van der Waals surface area contributed by atoms with E-state index in [0.29, 0.717) is 46.8 Å². The van der Waals surface area contributed by atoms with E-state index in [1.165, 1.54) is 13.3 Å². The molecule has 3 heterocycles. The number of piperazine rings is 1. The van der Waals surface area contributed by atoms with E-state index in [2.05, 4.69) is 36.0 Å². The van der Waals surface area contributed by atoms with Crippen LogP contribution < -0.4 is 26.4 Å². The Labute approximate surface area is 207 Å². The van der Waals surface area contributed by atoms with Gasteiger partial charge >= 0.3 is 0 Å². The van der Waals surface area contributed by atoms with Gasteiger partial charge in [-0.1, -0.05) is 11.2 Å². The Morgan fingerprint density at radius 2 is 2.06 bits per heavy atom. The van der Waals surface area contributed by atoms with Crippen LogP contribution in [-0.2, 0) is 11.3 Å². The van der Waals surface area contributed by atoms with Gasteiger partial charge in [-0.2, -0.15) is 4.98 Å². The number of ether oxygens (including phenoxy) is 1. The van der Waals surface area contributed by atoms with Crippen molar-refractivity contribution < 1.29 is 18.8 Å². The molecule has 0 unspecified atom stereocenters. The zero-order valence-corrected chi connectivity index (χ0v) is 19.9. The molecule has 12 nitrogen and oxygen atoms in total. The predicted molar refractivity (Wildman–Crippen MR) is 132 cm³/mol. The van der Waals surface area contributed by atoms with Crippen molar-refractivity contribution in [3.8, 4) is 17.1 Å². The minimum Gasteiger partial charge on any atom is -0.494 e. The average molecular weight is 493 g/mol. The van der Waals surface area contributed by atoms with Gasteiger partial charge in [0.15, 0.2) is 5.75 Å². The molecular weight excluding hydrogens is 464 g/mol. The summed E-state index contributed by atoms with van der Waals surface area (Å²) in [6.45, 7) is 4.26. The van der Waals surface area contributed by atoms with Crippen LogP contribution in [0.25, 0.3) is 11.4 Å². The second kappa shape index (κ2) is 10.3. The first kappa shape index (κ1) is 23.7. The normalized spacial score (nSPS) is 15.9. The summed E-state index contributed by atoms with van der Waals surface area (Å²) < 4.78 is 11.2. The highest BCUT2D eigenvalue weighted by Crippen LogP contribution is 2.38. The van der Waals surface area contributed by atoms with Gasteiger partial charge in [-0.25, -0.2) is 4.98 Å². The number of carbonyl (C=O) groups is 2. The third-order valence-corrected chi connectivity index (χ3v) is 6.13. The van der Waals surface area contributed by atoms with Crippen LogP contribution in [-0.4, -0.2) is 65.1 Å². The molecule has 2 aromatic heterocycles. The molecule has 0 spiro atoms. The highest BCUT2D eigenvalue weighted by Gasteiger charge is 2.30. The molecular formula is C24H28N8O4. The molecule has 5 rings (SSSR count). The Morgan fingerprint density at radius 1 is 1.25 bits per heavy atom. The number of rotatable bonds is 9. The molecule has 1 aromatic carbocycles. The van der Waals surface area contributed by atoms with Crippen LogP contribution in [0.4, 0.5) is 17.2 Å². The van der Waals surface area contributed by atoms with Crippen molar-refractivity contribution in [2.24, 2.45) is 11.7 Å². The fourth-order valence-corrected chi connectivity index (χ4v) is 4.06. The summed E-state index contributed by atoms with van der Waals surface area (Å²) in [5, 5.41) is 13.5. The minimum atomic E-state index is -0.657. The number of methoxy groups -OCH3 is 1. The third-order valence-electron chi connectivity index (χ3n) is 6.13. The van der Waals surface area contributed by atoms with Crippen molar-refractivity contribution in [2.75, 3.05) is 43.9 Å². The second-order valence-corrected chi connectivity index (χ2v) is 8.79. The number of para-hydroxylation sites is 1. The van der Waals surface area contributed by atoms with Crippen molar-refractivity contribution in [1.29, 1.82) is 0 Å². The molecule has 0 bridgehead atoms. The molecule has 2 fully saturated rings. The van der Waals surface area contributed by atoms with Gasteiger partial charge in [0.25, 0.3) is 5.91 Å². The lowest BCUT2D eigenvalue weighted by Crippen LogP contribution is -2.42. The number of primary amides is 1. The molecule has 188 valence electrons. The average Bonchev–Trinajstić information content (AvgIpc) is 3.64. The van der Waals surface area contributed by atoms with Crippen molar-refractivity contribution in [3.05, 3.63) is 41.9 Å². The van der Waals surface area contributed by atoms with Crippen LogP contribution in [0.15, 0.2) is 35.0 Å².